The Bertz CT molecular complexity index is 1370. The van der Waals surface area contributed by atoms with Gasteiger partial charge in [0.25, 0.3) is 0 Å². The van der Waals surface area contributed by atoms with Crippen molar-refractivity contribution in [3.8, 4) is 17.0 Å². The van der Waals surface area contributed by atoms with E-state index in [0.717, 1.165) is 39.1 Å². The number of hydrogen-bond donors (Lipinski definition) is 0. The first-order valence-electron chi connectivity index (χ1n) is 9.69. The minimum atomic E-state index is 0.788. The molecular weight excluding hydrogens is 394 g/mol. The first kappa shape index (κ1) is 18.7. The maximum absolute atomic E-state index is 5.31. The smallest absolute Gasteiger partial charge is 0.196 e. The maximum atomic E-state index is 5.31. The van der Waals surface area contributed by atoms with Crippen molar-refractivity contribution in [1.82, 2.24) is 24.2 Å². The molecule has 0 radical (unpaired) electrons. The van der Waals surface area contributed by atoms with E-state index in [4.69, 9.17) is 9.84 Å². The Morgan fingerprint density at radius 3 is 2.70 bits per heavy atom. The first-order chi connectivity index (χ1) is 14.6. The number of methoxy groups -OCH3 is 1. The molecule has 0 aliphatic carbocycles. The highest BCUT2D eigenvalue weighted by Gasteiger charge is 2.13. The minimum absolute atomic E-state index is 0.788. The molecule has 2 aromatic carbocycles. The van der Waals surface area contributed by atoms with Gasteiger partial charge in [0.1, 0.15) is 11.3 Å². The van der Waals surface area contributed by atoms with Crippen LogP contribution in [-0.2, 0) is 5.75 Å². The Hall–Kier alpha value is -3.32. The zero-order chi connectivity index (χ0) is 20.7. The topological polar surface area (TPSA) is 56.7 Å². The zero-order valence-electron chi connectivity index (χ0n) is 17.0. The van der Waals surface area contributed by atoms with Crippen LogP contribution in [0.1, 0.15) is 16.7 Å². The lowest BCUT2D eigenvalue weighted by atomic mass is 10.0. The van der Waals surface area contributed by atoms with Gasteiger partial charge in [-0.25, -0.2) is 4.52 Å². The third kappa shape index (κ3) is 3.31. The molecule has 0 atom stereocenters. The van der Waals surface area contributed by atoms with Crippen LogP contribution >= 0.6 is 11.8 Å². The van der Waals surface area contributed by atoms with E-state index in [-0.39, 0.29) is 0 Å². The Kier molecular flexibility index (Phi) is 4.67. The Balaban J connectivity index is 1.48. The monoisotopic (exact) mass is 415 g/mol. The van der Waals surface area contributed by atoms with Crippen LogP contribution in [0.4, 0.5) is 0 Å². The van der Waals surface area contributed by atoms with E-state index in [2.05, 4.69) is 54.4 Å². The third-order valence-corrected chi connectivity index (χ3v) is 6.31. The molecule has 0 aliphatic rings. The number of ether oxygens (including phenoxy) is 1. The summed E-state index contributed by atoms with van der Waals surface area (Å²) in [4.78, 5) is 0. The van der Waals surface area contributed by atoms with Crippen LogP contribution in [-0.4, -0.2) is 31.3 Å². The Morgan fingerprint density at radius 1 is 0.967 bits per heavy atom. The second-order valence-electron chi connectivity index (χ2n) is 7.27. The molecule has 0 spiro atoms. The van der Waals surface area contributed by atoms with Gasteiger partial charge in [-0.2, -0.15) is 5.10 Å². The number of thioether (sulfide) groups is 1. The Morgan fingerprint density at radius 2 is 1.87 bits per heavy atom. The predicted octanol–water partition coefficient (Wildman–Crippen LogP) is 4.96. The SMILES string of the molecule is COc1cccc(CSc2nnc3c4cc(-c5ccc(C)c(C)c5)nn4ccn23)c1. The fourth-order valence-electron chi connectivity index (χ4n) is 3.44. The van der Waals surface area contributed by atoms with Crippen molar-refractivity contribution < 1.29 is 4.74 Å². The van der Waals surface area contributed by atoms with Crippen molar-refractivity contribution in [2.45, 2.75) is 24.8 Å². The van der Waals surface area contributed by atoms with Crippen LogP contribution in [0.25, 0.3) is 22.4 Å². The lowest BCUT2D eigenvalue weighted by Crippen LogP contribution is -1.94. The molecule has 150 valence electrons. The van der Waals surface area contributed by atoms with Gasteiger partial charge in [-0.3, -0.25) is 4.40 Å². The van der Waals surface area contributed by atoms with Crippen molar-refractivity contribution in [2.75, 3.05) is 7.11 Å². The molecule has 0 fully saturated rings. The highest BCUT2D eigenvalue weighted by atomic mass is 32.2. The molecule has 0 saturated carbocycles. The molecular formula is C23H21N5OS. The largest absolute Gasteiger partial charge is 0.497 e. The summed E-state index contributed by atoms with van der Waals surface area (Å²) in [6, 6.07) is 16.6. The van der Waals surface area contributed by atoms with Crippen molar-refractivity contribution in [3.63, 3.8) is 0 Å². The lowest BCUT2D eigenvalue weighted by molar-refractivity contribution is 0.414. The van der Waals surface area contributed by atoms with E-state index in [1.165, 1.54) is 16.7 Å². The molecule has 3 aromatic heterocycles. The third-order valence-electron chi connectivity index (χ3n) is 5.29. The molecule has 5 rings (SSSR count). The standard InChI is InChI=1S/C23H21N5OS/c1-15-7-8-18(11-16(15)2)20-13-21-22-24-25-23(27(22)9-10-28(21)26-20)30-14-17-5-4-6-19(12-17)29-3/h4-13H,14H2,1-3H3. The highest BCUT2D eigenvalue weighted by molar-refractivity contribution is 7.98. The second kappa shape index (κ2) is 7.50. The van der Waals surface area contributed by atoms with Crippen LogP contribution in [0.15, 0.2) is 66.1 Å². The summed E-state index contributed by atoms with van der Waals surface area (Å²) in [6.45, 7) is 4.24. The van der Waals surface area contributed by atoms with Crippen LogP contribution < -0.4 is 4.74 Å². The average Bonchev–Trinajstić information content (AvgIpc) is 3.38. The molecule has 5 aromatic rings. The van der Waals surface area contributed by atoms with Gasteiger partial charge < -0.3 is 4.74 Å². The fraction of sp³-hybridized carbons (Fsp3) is 0.174. The number of aryl methyl sites for hydroxylation is 2. The van der Waals surface area contributed by atoms with Gasteiger partial charge in [-0.05, 0) is 54.8 Å². The summed E-state index contributed by atoms with van der Waals surface area (Å²) < 4.78 is 9.20. The minimum Gasteiger partial charge on any atom is -0.497 e. The van der Waals surface area contributed by atoms with E-state index < -0.39 is 0 Å². The van der Waals surface area contributed by atoms with Crippen LogP contribution in [0.5, 0.6) is 5.75 Å². The van der Waals surface area contributed by atoms with E-state index >= 15 is 0 Å². The molecule has 0 N–H and O–H groups in total. The molecule has 30 heavy (non-hydrogen) atoms. The zero-order valence-corrected chi connectivity index (χ0v) is 17.8. The average molecular weight is 416 g/mol. The van der Waals surface area contributed by atoms with Gasteiger partial charge in [0, 0.05) is 23.7 Å². The van der Waals surface area contributed by atoms with Gasteiger partial charge in [0.15, 0.2) is 10.8 Å². The van der Waals surface area contributed by atoms with Crippen LogP contribution in [0.2, 0.25) is 0 Å². The van der Waals surface area contributed by atoms with Crippen molar-refractivity contribution in [3.05, 3.63) is 77.6 Å². The van der Waals surface area contributed by atoms with Crippen molar-refractivity contribution in [1.29, 1.82) is 0 Å². The van der Waals surface area contributed by atoms with Crippen molar-refractivity contribution in [2.24, 2.45) is 0 Å². The number of rotatable bonds is 5. The lowest BCUT2D eigenvalue weighted by Gasteiger charge is -2.04. The maximum Gasteiger partial charge on any atom is 0.196 e. The molecule has 0 aliphatic heterocycles. The first-order valence-corrected chi connectivity index (χ1v) is 10.7. The van der Waals surface area contributed by atoms with Gasteiger partial charge in [-0.1, -0.05) is 36.0 Å². The molecule has 0 bridgehead atoms. The number of fused-ring (bicyclic) bond motifs is 3. The summed E-state index contributed by atoms with van der Waals surface area (Å²) in [7, 11) is 1.68. The predicted molar refractivity (Wildman–Crippen MR) is 119 cm³/mol. The Labute approximate surface area is 178 Å². The van der Waals surface area contributed by atoms with Crippen LogP contribution in [0, 0.1) is 13.8 Å². The second-order valence-corrected chi connectivity index (χ2v) is 8.22. The summed E-state index contributed by atoms with van der Waals surface area (Å²) in [5, 5.41) is 14.4. The highest BCUT2D eigenvalue weighted by Crippen LogP contribution is 2.27. The van der Waals surface area contributed by atoms with Gasteiger partial charge >= 0.3 is 0 Å². The molecule has 6 nitrogen and oxygen atoms in total. The number of aromatic nitrogens is 5. The molecule has 3 heterocycles. The quantitative estimate of drug-likeness (QED) is 0.380. The van der Waals surface area contributed by atoms with E-state index in [0.29, 0.717) is 0 Å². The van der Waals surface area contributed by atoms with Crippen molar-refractivity contribution >= 4 is 22.9 Å². The summed E-state index contributed by atoms with van der Waals surface area (Å²) >= 11 is 1.65. The van der Waals surface area contributed by atoms with Crippen LogP contribution in [0.3, 0.4) is 0 Å². The van der Waals surface area contributed by atoms with Gasteiger partial charge in [-0.15, -0.1) is 10.2 Å². The number of hydrogen-bond acceptors (Lipinski definition) is 5. The van der Waals surface area contributed by atoms with E-state index in [1.54, 1.807) is 18.9 Å². The molecule has 7 heteroatoms. The molecule has 0 saturated heterocycles. The summed E-state index contributed by atoms with van der Waals surface area (Å²) in [5.74, 6) is 1.65. The fourth-order valence-corrected chi connectivity index (χ4v) is 4.30. The molecule has 0 amide bonds. The van der Waals surface area contributed by atoms with E-state index in [1.807, 2.05) is 39.5 Å². The number of benzene rings is 2. The van der Waals surface area contributed by atoms with Gasteiger partial charge in [0.05, 0.1) is 12.8 Å². The number of nitrogens with zero attached hydrogens (tertiary/aromatic N) is 5. The summed E-state index contributed by atoms with van der Waals surface area (Å²) in [6.07, 6.45) is 3.92. The normalized spacial score (nSPS) is 11.4. The van der Waals surface area contributed by atoms with Gasteiger partial charge in [0.2, 0.25) is 0 Å². The summed E-state index contributed by atoms with van der Waals surface area (Å²) in [5.41, 5.74) is 7.48. The van der Waals surface area contributed by atoms with E-state index in [9.17, 15) is 0 Å². The molecule has 0 unspecified atom stereocenters.